The number of anilines is 1. The number of ether oxygens (including phenoxy) is 1. The number of cyclic esters (lactones) is 1. The molecule has 5 aromatic heterocycles. The van der Waals surface area contributed by atoms with Crippen LogP contribution in [0.15, 0.2) is 284 Å². The minimum Gasteiger partial charge on any atom is -0.505 e. The molecule has 0 spiro atoms. The number of likely N-dealkylation sites (N-methyl/N-ethyl adjacent to an activating group) is 1. The number of carbonyl (C=O) groups is 2. The van der Waals surface area contributed by atoms with Crippen LogP contribution in [-0.2, 0) is 67.6 Å². The van der Waals surface area contributed by atoms with Gasteiger partial charge in [0.1, 0.15) is 18.1 Å². The van der Waals surface area contributed by atoms with Crippen LogP contribution in [0.25, 0.3) is 78.6 Å². The summed E-state index contributed by atoms with van der Waals surface area (Å²) in [5.41, 5.74) is 13.3. The standard InChI is InChI=1S/C18H15ClN2O2S.C17H14F3N3O2S.C17H14O4S.C16H14N2O3S.C14H13N3O4S2/c1-12-3-4-14(10-20-12)18-17(9-15(19)11-21-18)13-5-7-16(8-6-13)24-23-22-2;1-11-2-4-12(5-3-11)15-10-16(17(18,19)20)22-23(15)13-6-8-14(9-7-13)26-25-24-21;1-19-21-22-14-9-7-12(8-10-14)15-11-20-17(18)16(15)13-5-3-2-4-6-13;1-11-15(12-7-9-14(10-8-12)22-21-20-17)16(18-19-11)13-5-3-2-4-6-13;1-8-7-15-14(22-8)16-13(19)11-12(18)9-5-3-4-6-10(9)23(20,21)17(11)2/h3-11H,1-2H3;2-10H,21H2,1H3;2-10H,11H2,1H3;2-10H,17H2,1H3;3-7,18H,1-2H3,(H,15,16,19). The molecule has 0 atom stereocenters. The van der Waals surface area contributed by atoms with Gasteiger partial charge in [0.05, 0.1) is 101 Å². The monoisotopic (exact) mass is 1720 g/mol. The normalized spacial score (nSPS) is 12.7. The number of alkyl halides is 3. The summed E-state index contributed by atoms with van der Waals surface area (Å²) in [6, 6.07) is 69.7. The molecule has 6 N–H and O–H groups in total. The number of hydrogen-bond donors (Lipinski definition) is 4. The Balaban J connectivity index is 0.000000144. The molecule has 0 saturated carbocycles. The number of esters is 1. The number of aromatic nitrogens is 6. The molecule has 0 fully saturated rings. The van der Waals surface area contributed by atoms with Gasteiger partial charge in [-0.15, -0.1) is 30.0 Å². The molecule has 0 radical (unpaired) electrons. The van der Waals surface area contributed by atoms with Crippen LogP contribution in [0.5, 0.6) is 0 Å². The van der Waals surface area contributed by atoms with Gasteiger partial charge in [0.15, 0.2) is 22.3 Å². The van der Waals surface area contributed by atoms with Gasteiger partial charge in [0, 0.05) is 89.2 Å². The zero-order valence-electron chi connectivity index (χ0n) is 62.8. The lowest BCUT2D eigenvalue weighted by Gasteiger charge is -2.28. The van der Waals surface area contributed by atoms with E-state index in [9.17, 15) is 36.3 Å². The number of fused-ring (bicyclic) bond motifs is 1. The molecular formula is C82H70ClF3N10O15S6. The number of hydrogen-bond acceptors (Lipinski definition) is 27. The van der Waals surface area contributed by atoms with Crippen LogP contribution < -0.4 is 17.1 Å². The molecule has 2 aliphatic heterocycles. The van der Waals surface area contributed by atoms with E-state index in [-0.39, 0.29) is 27.9 Å². The van der Waals surface area contributed by atoms with Crippen LogP contribution in [0.2, 0.25) is 5.02 Å². The number of amides is 1. The van der Waals surface area contributed by atoms with Crippen molar-refractivity contribution in [3.8, 4) is 61.7 Å². The van der Waals surface area contributed by atoms with Crippen molar-refractivity contribution < 1.29 is 82.6 Å². The van der Waals surface area contributed by atoms with Crippen LogP contribution in [0.4, 0.5) is 18.3 Å². The van der Waals surface area contributed by atoms with Gasteiger partial charge < -0.3 is 14.4 Å². The average molecular weight is 1720 g/mol. The summed E-state index contributed by atoms with van der Waals surface area (Å²) in [6.45, 7) is 7.90. The number of carbonyl (C=O) groups excluding carboxylic acids is 2. The van der Waals surface area contributed by atoms with E-state index in [4.69, 9.17) is 41.3 Å². The molecule has 0 aliphatic carbocycles. The lowest BCUT2D eigenvalue weighted by molar-refractivity contribution is -0.195. The zero-order chi connectivity index (χ0) is 83.2. The topological polar surface area (TPSA) is 321 Å². The number of nitrogens with zero attached hydrogens (tertiary/aromatic N) is 7. The van der Waals surface area contributed by atoms with Crippen molar-refractivity contribution in [1.29, 1.82) is 0 Å². The van der Waals surface area contributed by atoms with Crippen LogP contribution >= 0.6 is 71.1 Å². The Morgan fingerprint density at radius 3 is 1.69 bits per heavy atom. The number of benzene rings is 8. The summed E-state index contributed by atoms with van der Waals surface area (Å²) in [6.07, 6.45) is 0.528. The maximum Gasteiger partial charge on any atom is 0.435 e. The van der Waals surface area contributed by atoms with Crippen molar-refractivity contribution in [2.75, 3.05) is 33.2 Å². The molecular weight excluding hydrogens is 1650 g/mol. The number of halogens is 4. The molecule has 0 saturated heterocycles. The highest BCUT2D eigenvalue weighted by Gasteiger charge is 2.39. The molecule has 8 aromatic carbocycles. The second-order valence-electron chi connectivity index (χ2n) is 24.6. The number of rotatable bonds is 22. The number of aryl methyl sites for hydroxylation is 4. The zero-order valence-corrected chi connectivity index (χ0v) is 68.4. The highest BCUT2D eigenvalue weighted by Crippen LogP contribution is 2.41. The minimum absolute atomic E-state index is 0.0401. The highest BCUT2D eigenvalue weighted by atomic mass is 35.5. The van der Waals surface area contributed by atoms with Crippen LogP contribution in [0.1, 0.15) is 44.3 Å². The molecule has 602 valence electrons. The number of aliphatic hydroxyl groups excluding tert-OH is 1. The van der Waals surface area contributed by atoms with Crippen molar-refractivity contribution in [2.24, 2.45) is 11.8 Å². The van der Waals surface area contributed by atoms with Gasteiger partial charge >= 0.3 is 12.1 Å². The molecule has 117 heavy (non-hydrogen) atoms. The maximum atomic E-state index is 13.2. The fraction of sp³-hybridized carbons (Fsp3) is 0.110. The highest BCUT2D eigenvalue weighted by molar-refractivity contribution is 7.95. The third-order valence-electron chi connectivity index (χ3n) is 16.9. The molecule has 0 bridgehead atoms. The molecule has 35 heteroatoms. The molecule has 13 aromatic rings. The van der Waals surface area contributed by atoms with Gasteiger partial charge in [-0.25, -0.2) is 32.7 Å². The first-order chi connectivity index (χ1) is 56.5. The van der Waals surface area contributed by atoms with Crippen molar-refractivity contribution in [2.45, 2.75) is 58.3 Å². The van der Waals surface area contributed by atoms with E-state index in [0.29, 0.717) is 44.2 Å². The Bertz CT molecular complexity index is 5710. The summed E-state index contributed by atoms with van der Waals surface area (Å²) >= 11 is 11.6. The van der Waals surface area contributed by atoms with E-state index in [0.717, 1.165) is 157 Å². The van der Waals surface area contributed by atoms with Crippen LogP contribution in [0.3, 0.4) is 0 Å². The number of nitrogens with two attached hydrogens (primary N) is 2. The lowest BCUT2D eigenvalue weighted by atomic mass is 9.97. The molecule has 25 nitrogen and oxygen atoms in total. The van der Waals surface area contributed by atoms with Crippen molar-refractivity contribution in [3.05, 3.63) is 304 Å². The number of nitrogens with one attached hydrogen (secondary N) is 1. The molecule has 1 amide bonds. The fourth-order valence-corrected chi connectivity index (χ4v) is 15.1. The summed E-state index contributed by atoms with van der Waals surface area (Å²) in [4.78, 5) is 58.8. The number of pyridine rings is 2. The largest absolute Gasteiger partial charge is 0.505 e. The van der Waals surface area contributed by atoms with Gasteiger partial charge in [-0.05, 0) is 147 Å². The first-order valence-electron chi connectivity index (χ1n) is 34.6. The Morgan fingerprint density at radius 2 is 1.14 bits per heavy atom. The first-order valence-corrected chi connectivity index (χ1v) is 40.2. The Labute approximate surface area is 696 Å². The van der Waals surface area contributed by atoms with E-state index in [1.54, 1.807) is 60.9 Å². The predicted octanol–water partition coefficient (Wildman–Crippen LogP) is 19.9. The summed E-state index contributed by atoms with van der Waals surface area (Å²) < 4.78 is 96.0. The average Bonchev–Trinajstić information content (AvgIpc) is 1.64. The van der Waals surface area contributed by atoms with Crippen molar-refractivity contribution >= 4 is 115 Å². The van der Waals surface area contributed by atoms with E-state index in [2.05, 4.69) is 58.9 Å². The molecule has 15 rings (SSSR count). The molecule has 7 heterocycles. The van der Waals surface area contributed by atoms with Crippen molar-refractivity contribution in [1.82, 2.24) is 34.2 Å². The summed E-state index contributed by atoms with van der Waals surface area (Å²) in [7, 11) is 0.260. The fourth-order valence-electron chi connectivity index (χ4n) is 11.4. The number of thiazole rings is 1. The summed E-state index contributed by atoms with van der Waals surface area (Å²) in [5, 5.41) is 21.7. The third kappa shape index (κ3) is 22.7. The van der Waals surface area contributed by atoms with Crippen LogP contribution in [0, 0.1) is 27.7 Å². The van der Waals surface area contributed by atoms with Crippen LogP contribution in [-0.4, -0.2) is 87.5 Å². The number of aliphatic hydroxyl groups is 1. The van der Waals surface area contributed by atoms with Gasteiger partial charge in [-0.1, -0.05) is 156 Å². The Hall–Kier alpha value is -10.8. The number of sulfonamides is 1. The second-order valence-corrected chi connectivity index (χ2v) is 31.4. The maximum absolute atomic E-state index is 13.2. The SMILES string of the molecule is COOSc1ccc(-c2cc(Cl)cnc2-c2ccc(C)nc2)cc1.COOSc1ccc(C2=C(c3ccccc3)C(=O)OC2)cc1.Cc1ccc(-c2cc(C(F)(F)F)nn2-c2ccc(SOON)cc2)cc1.Cc1cnc(NC(=O)C2=C(O)c3ccccc3S(=O)(=O)N2C)s1.Cc1onc(-c2ccccc2)c1-c1ccc(SOON)cc1. The summed E-state index contributed by atoms with van der Waals surface area (Å²) in [5.74, 6) is 8.97. The van der Waals surface area contributed by atoms with E-state index in [1.165, 1.54) is 49.4 Å². The van der Waals surface area contributed by atoms with Gasteiger partial charge in [0.25, 0.3) is 15.9 Å². The first kappa shape index (κ1) is 87.0. The van der Waals surface area contributed by atoms with Crippen molar-refractivity contribution in [3.63, 3.8) is 0 Å². The quantitative estimate of drug-likeness (QED) is 0.0212. The predicted molar refractivity (Wildman–Crippen MR) is 443 cm³/mol. The lowest BCUT2D eigenvalue weighted by Crippen LogP contribution is -2.37. The van der Waals surface area contributed by atoms with E-state index < -0.39 is 27.8 Å². The second kappa shape index (κ2) is 41.3. The Kier molecular flexibility index (Phi) is 30.7. The smallest absolute Gasteiger partial charge is 0.435 e. The molecule has 2 aliphatic rings. The van der Waals surface area contributed by atoms with Gasteiger partial charge in [-0.3, -0.25) is 24.4 Å². The minimum atomic E-state index is -4.53. The molecule has 0 unspecified atom stereocenters. The third-order valence-corrected chi connectivity index (χ3v) is 22.3. The van der Waals surface area contributed by atoms with E-state index in [1.807, 2.05) is 198 Å². The van der Waals surface area contributed by atoms with Gasteiger partial charge in [-0.2, -0.15) is 38.7 Å². The van der Waals surface area contributed by atoms with E-state index >= 15 is 0 Å². The Morgan fingerprint density at radius 1 is 0.598 bits per heavy atom. The van der Waals surface area contributed by atoms with Gasteiger partial charge in [0.2, 0.25) is 0 Å².